The van der Waals surface area contributed by atoms with E-state index in [9.17, 15) is 14.7 Å². The summed E-state index contributed by atoms with van der Waals surface area (Å²) in [4.78, 5) is 23.3. The van der Waals surface area contributed by atoms with Crippen LogP contribution in [0.4, 0.5) is 4.79 Å². The predicted octanol–water partition coefficient (Wildman–Crippen LogP) is 1.99. The SMILES string of the molecule is COc1cc(CC(NC(=O)OC(C)(C)C)C(=O)O)cc2c1OCCO2. The molecule has 1 aliphatic rings. The molecule has 2 N–H and O–H groups in total. The number of aliphatic carboxylic acids is 1. The minimum Gasteiger partial charge on any atom is -0.493 e. The van der Waals surface area contributed by atoms with E-state index in [1.54, 1.807) is 32.9 Å². The van der Waals surface area contributed by atoms with Gasteiger partial charge in [-0.2, -0.15) is 0 Å². The van der Waals surface area contributed by atoms with Crippen molar-refractivity contribution in [1.82, 2.24) is 5.32 Å². The van der Waals surface area contributed by atoms with Gasteiger partial charge < -0.3 is 29.4 Å². The molecule has 1 heterocycles. The molecule has 8 nitrogen and oxygen atoms in total. The molecule has 1 aromatic rings. The number of rotatable bonds is 5. The van der Waals surface area contributed by atoms with E-state index in [0.717, 1.165) is 0 Å². The maximum atomic E-state index is 11.9. The molecule has 1 unspecified atom stereocenters. The van der Waals surface area contributed by atoms with E-state index in [4.69, 9.17) is 18.9 Å². The Morgan fingerprint density at radius 1 is 1.28 bits per heavy atom. The summed E-state index contributed by atoms with van der Waals surface area (Å²) in [6.45, 7) is 5.93. The van der Waals surface area contributed by atoms with Crippen molar-refractivity contribution in [3.8, 4) is 17.2 Å². The van der Waals surface area contributed by atoms with E-state index in [1.807, 2.05) is 0 Å². The lowest BCUT2D eigenvalue weighted by molar-refractivity contribution is -0.139. The zero-order valence-corrected chi connectivity index (χ0v) is 14.8. The monoisotopic (exact) mass is 353 g/mol. The first-order chi connectivity index (χ1) is 11.7. The highest BCUT2D eigenvalue weighted by molar-refractivity contribution is 5.80. The smallest absolute Gasteiger partial charge is 0.408 e. The number of fused-ring (bicyclic) bond motifs is 1. The number of benzene rings is 1. The van der Waals surface area contributed by atoms with E-state index < -0.39 is 23.7 Å². The summed E-state index contributed by atoms with van der Waals surface area (Å²) < 4.78 is 21.4. The van der Waals surface area contributed by atoms with Crippen LogP contribution in [0.5, 0.6) is 17.2 Å². The van der Waals surface area contributed by atoms with E-state index in [1.165, 1.54) is 7.11 Å². The topological polar surface area (TPSA) is 103 Å². The molecular weight excluding hydrogens is 330 g/mol. The molecule has 0 aliphatic carbocycles. The fourth-order valence-electron chi connectivity index (χ4n) is 2.33. The largest absolute Gasteiger partial charge is 0.493 e. The summed E-state index contributed by atoms with van der Waals surface area (Å²) in [5.41, 5.74) is -0.0857. The standard InChI is InChI=1S/C17H23NO7/c1-17(2,3)25-16(21)18-11(15(19)20)7-10-8-12(22-4)14-13(9-10)23-5-6-24-14/h8-9,11H,5-7H2,1-4H3,(H,18,21)(H,19,20). The quantitative estimate of drug-likeness (QED) is 0.834. The first-order valence-corrected chi connectivity index (χ1v) is 7.88. The highest BCUT2D eigenvalue weighted by Gasteiger charge is 2.26. The van der Waals surface area contributed by atoms with Crippen LogP contribution >= 0.6 is 0 Å². The Morgan fingerprint density at radius 3 is 2.56 bits per heavy atom. The first-order valence-electron chi connectivity index (χ1n) is 7.88. The zero-order chi connectivity index (χ0) is 18.6. The Hall–Kier alpha value is -2.64. The second kappa shape index (κ2) is 7.50. The number of amides is 1. The molecule has 1 amide bonds. The number of hydrogen-bond acceptors (Lipinski definition) is 6. The summed E-state index contributed by atoms with van der Waals surface area (Å²) in [7, 11) is 1.49. The van der Waals surface area contributed by atoms with Gasteiger partial charge in [0.05, 0.1) is 7.11 Å². The number of methoxy groups -OCH3 is 1. The van der Waals surface area contributed by atoms with E-state index >= 15 is 0 Å². The van der Waals surface area contributed by atoms with Crippen LogP contribution in [0.2, 0.25) is 0 Å². The zero-order valence-electron chi connectivity index (χ0n) is 14.8. The lowest BCUT2D eigenvalue weighted by Crippen LogP contribution is -2.44. The van der Waals surface area contributed by atoms with Crippen LogP contribution in [0, 0.1) is 0 Å². The molecule has 1 aliphatic heterocycles. The molecule has 25 heavy (non-hydrogen) atoms. The average molecular weight is 353 g/mol. The van der Waals surface area contributed by atoms with Crippen molar-refractivity contribution in [2.24, 2.45) is 0 Å². The molecule has 0 bridgehead atoms. The molecule has 0 aromatic heterocycles. The molecule has 138 valence electrons. The molecule has 0 radical (unpaired) electrons. The lowest BCUT2D eigenvalue weighted by Gasteiger charge is -2.23. The van der Waals surface area contributed by atoms with Crippen LogP contribution in [0.1, 0.15) is 26.3 Å². The van der Waals surface area contributed by atoms with Crippen molar-refractivity contribution in [2.45, 2.75) is 38.8 Å². The van der Waals surface area contributed by atoms with Gasteiger partial charge in [-0.1, -0.05) is 0 Å². The Labute approximate surface area is 146 Å². The van der Waals surface area contributed by atoms with Crippen molar-refractivity contribution < 1.29 is 33.6 Å². The normalized spacial score (nSPS) is 14.4. The Bertz CT molecular complexity index is 634. The molecule has 2 rings (SSSR count). The van der Waals surface area contributed by atoms with Crippen molar-refractivity contribution in [1.29, 1.82) is 0 Å². The number of alkyl carbamates (subject to hydrolysis) is 1. The number of carbonyl (C=O) groups is 2. The number of carboxylic acids is 1. The van der Waals surface area contributed by atoms with Gasteiger partial charge in [-0.3, -0.25) is 0 Å². The van der Waals surface area contributed by atoms with Crippen molar-refractivity contribution in [2.75, 3.05) is 20.3 Å². The summed E-state index contributed by atoms with van der Waals surface area (Å²) in [5.74, 6) is 0.264. The molecule has 1 atom stereocenters. The first kappa shape index (κ1) is 18.7. The van der Waals surface area contributed by atoms with Crippen molar-refractivity contribution in [3.05, 3.63) is 17.7 Å². The van der Waals surface area contributed by atoms with Gasteiger partial charge in [0.1, 0.15) is 24.9 Å². The number of nitrogens with one attached hydrogen (secondary N) is 1. The fourth-order valence-corrected chi connectivity index (χ4v) is 2.33. The van der Waals surface area contributed by atoms with Gasteiger partial charge in [-0.05, 0) is 38.5 Å². The third-order valence-electron chi connectivity index (χ3n) is 3.32. The van der Waals surface area contributed by atoms with Crippen LogP contribution in [0.25, 0.3) is 0 Å². The highest BCUT2D eigenvalue weighted by atomic mass is 16.6. The molecular formula is C17H23NO7. The van der Waals surface area contributed by atoms with Crippen LogP contribution in [-0.2, 0) is 16.0 Å². The van der Waals surface area contributed by atoms with Crippen LogP contribution < -0.4 is 19.5 Å². The maximum absolute atomic E-state index is 11.9. The fraction of sp³-hybridized carbons (Fsp3) is 0.529. The third-order valence-corrected chi connectivity index (χ3v) is 3.32. The predicted molar refractivity (Wildman–Crippen MR) is 88.5 cm³/mol. The Balaban J connectivity index is 2.16. The third kappa shape index (κ3) is 5.17. The van der Waals surface area contributed by atoms with Crippen LogP contribution in [0.3, 0.4) is 0 Å². The minimum absolute atomic E-state index is 0.0432. The second-order valence-corrected chi connectivity index (χ2v) is 6.56. The molecule has 0 spiro atoms. The second-order valence-electron chi connectivity index (χ2n) is 6.56. The molecule has 0 saturated carbocycles. The van der Waals surface area contributed by atoms with Gasteiger partial charge in [-0.25, -0.2) is 9.59 Å². The lowest BCUT2D eigenvalue weighted by atomic mass is 10.0. The molecule has 1 aromatic carbocycles. The number of carbonyl (C=O) groups excluding carboxylic acids is 1. The molecule has 0 fully saturated rings. The van der Waals surface area contributed by atoms with Gasteiger partial charge in [0, 0.05) is 6.42 Å². The number of ether oxygens (including phenoxy) is 4. The summed E-state index contributed by atoms with van der Waals surface area (Å²) in [5, 5.41) is 11.8. The summed E-state index contributed by atoms with van der Waals surface area (Å²) in [6, 6.07) is 2.20. The average Bonchev–Trinajstić information content (AvgIpc) is 2.51. The van der Waals surface area contributed by atoms with E-state index in [2.05, 4.69) is 5.32 Å². The minimum atomic E-state index is -1.17. The van der Waals surface area contributed by atoms with Gasteiger partial charge in [-0.15, -0.1) is 0 Å². The van der Waals surface area contributed by atoms with Gasteiger partial charge >= 0.3 is 12.1 Å². The molecule has 8 heteroatoms. The Morgan fingerprint density at radius 2 is 1.96 bits per heavy atom. The maximum Gasteiger partial charge on any atom is 0.408 e. The molecule has 0 saturated heterocycles. The van der Waals surface area contributed by atoms with E-state index in [-0.39, 0.29) is 6.42 Å². The number of hydrogen-bond donors (Lipinski definition) is 2. The highest BCUT2D eigenvalue weighted by Crippen LogP contribution is 2.40. The van der Waals surface area contributed by atoms with Gasteiger partial charge in [0.25, 0.3) is 0 Å². The van der Waals surface area contributed by atoms with Gasteiger partial charge in [0.15, 0.2) is 11.5 Å². The van der Waals surface area contributed by atoms with Crippen molar-refractivity contribution >= 4 is 12.1 Å². The van der Waals surface area contributed by atoms with Crippen LogP contribution in [0.15, 0.2) is 12.1 Å². The summed E-state index contributed by atoms with van der Waals surface area (Å²) in [6.07, 6.45) is -0.744. The van der Waals surface area contributed by atoms with E-state index in [0.29, 0.717) is 36.0 Å². The summed E-state index contributed by atoms with van der Waals surface area (Å²) >= 11 is 0. The number of carboxylic acid groups (broad SMARTS) is 1. The Kier molecular flexibility index (Phi) is 5.61. The van der Waals surface area contributed by atoms with Crippen LogP contribution in [-0.4, -0.2) is 49.1 Å². The van der Waals surface area contributed by atoms with Gasteiger partial charge in [0.2, 0.25) is 5.75 Å². The van der Waals surface area contributed by atoms with Crippen molar-refractivity contribution in [3.63, 3.8) is 0 Å².